The maximum Gasteiger partial charge on any atom is 0.416 e. The third kappa shape index (κ3) is 3.03. The number of nitrogens with zero attached hydrogens (tertiary/aromatic N) is 1. The maximum absolute atomic E-state index is 12.4. The smallest absolute Gasteiger partial charge is 0.197 e. The highest BCUT2D eigenvalue weighted by molar-refractivity contribution is 5.41. The lowest BCUT2D eigenvalue weighted by Gasteiger charge is -2.09. The topological polar surface area (TPSA) is 23.8 Å². The summed E-state index contributed by atoms with van der Waals surface area (Å²) in [6.07, 6.45) is -4.26. The molecule has 1 rings (SSSR count). The van der Waals surface area contributed by atoms with E-state index in [4.69, 9.17) is 5.26 Å². The molecule has 0 radical (unpaired) electrons. The Balaban J connectivity index is 3.03. The van der Waals surface area contributed by atoms with Crippen molar-refractivity contribution in [2.45, 2.75) is 19.5 Å². The number of hydrogen-bond donors (Lipinski definition) is 0. The van der Waals surface area contributed by atoms with Gasteiger partial charge in [-0.25, -0.2) is 0 Å². The summed E-state index contributed by atoms with van der Waals surface area (Å²) >= 11 is 0. The summed E-state index contributed by atoms with van der Waals surface area (Å²) in [7, 11) is 0. The van der Waals surface area contributed by atoms with Gasteiger partial charge in [0, 0.05) is 5.56 Å². The van der Waals surface area contributed by atoms with E-state index in [2.05, 4.69) is 11.8 Å². The highest BCUT2D eigenvalue weighted by Gasteiger charge is 2.31. The summed E-state index contributed by atoms with van der Waals surface area (Å²) < 4.78 is 37.2. The molecule has 0 atom stereocenters. The van der Waals surface area contributed by atoms with Crippen molar-refractivity contribution >= 4 is 0 Å². The van der Waals surface area contributed by atoms with Gasteiger partial charge in [0.1, 0.15) is 0 Å². The molecule has 0 heterocycles. The van der Waals surface area contributed by atoms with Crippen LogP contribution in [0, 0.1) is 30.1 Å². The van der Waals surface area contributed by atoms with E-state index >= 15 is 0 Å². The van der Waals surface area contributed by atoms with Gasteiger partial charge in [0.05, 0.1) is 18.1 Å². The molecule has 1 nitrogen and oxygen atoms in total. The van der Waals surface area contributed by atoms with Crippen LogP contribution in [0.5, 0.6) is 0 Å². The van der Waals surface area contributed by atoms with Crippen molar-refractivity contribution in [3.8, 4) is 17.9 Å². The number of alkyl halides is 3. The molecule has 82 valence electrons. The zero-order valence-corrected chi connectivity index (χ0v) is 8.52. The molecule has 1 aromatic rings. The molecule has 0 unspecified atom stereocenters. The highest BCUT2D eigenvalue weighted by Crippen LogP contribution is 2.31. The fraction of sp³-hybridized carbons (Fsp3) is 0.250. The standard InChI is InChI=1S/C12H8F3N/c1-9-8-10(4-2-3-7-16)5-6-11(9)12(13,14)15/h5-6,8H,3H2,1H3. The Labute approximate surface area is 91.5 Å². The van der Waals surface area contributed by atoms with Crippen LogP contribution >= 0.6 is 0 Å². The van der Waals surface area contributed by atoms with E-state index in [-0.39, 0.29) is 12.0 Å². The quantitative estimate of drug-likeness (QED) is 0.619. The van der Waals surface area contributed by atoms with Gasteiger partial charge >= 0.3 is 6.18 Å². The Morgan fingerprint density at radius 1 is 1.31 bits per heavy atom. The highest BCUT2D eigenvalue weighted by atomic mass is 19.4. The minimum Gasteiger partial charge on any atom is -0.197 e. The first-order chi connectivity index (χ1) is 7.45. The lowest BCUT2D eigenvalue weighted by Crippen LogP contribution is -2.07. The minimum atomic E-state index is -4.33. The minimum absolute atomic E-state index is 0.0695. The van der Waals surface area contributed by atoms with Crippen molar-refractivity contribution < 1.29 is 13.2 Å². The van der Waals surface area contributed by atoms with Gasteiger partial charge in [-0.05, 0) is 30.7 Å². The number of hydrogen-bond acceptors (Lipinski definition) is 1. The zero-order chi connectivity index (χ0) is 12.2. The van der Waals surface area contributed by atoms with E-state index in [1.807, 2.05) is 6.07 Å². The first kappa shape index (κ1) is 12.1. The Kier molecular flexibility index (Phi) is 3.58. The van der Waals surface area contributed by atoms with Crippen LogP contribution in [0.2, 0.25) is 0 Å². The molecule has 16 heavy (non-hydrogen) atoms. The molecule has 4 heteroatoms. The lowest BCUT2D eigenvalue weighted by molar-refractivity contribution is -0.138. The number of aryl methyl sites for hydroxylation is 1. The van der Waals surface area contributed by atoms with Crippen LogP contribution in [0.15, 0.2) is 18.2 Å². The van der Waals surface area contributed by atoms with Gasteiger partial charge < -0.3 is 0 Å². The fourth-order valence-electron chi connectivity index (χ4n) is 1.25. The van der Waals surface area contributed by atoms with Crippen LogP contribution in [0.1, 0.15) is 23.1 Å². The SMILES string of the molecule is Cc1cc(C#CCC#N)ccc1C(F)(F)F. The Bertz CT molecular complexity index is 484. The first-order valence-electron chi connectivity index (χ1n) is 4.49. The van der Waals surface area contributed by atoms with Crippen LogP contribution < -0.4 is 0 Å². The molecular formula is C12H8F3N. The summed E-state index contributed by atoms with van der Waals surface area (Å²) in [5.74, 6) is 5.17. The molecular weight excluding hydrogens is 215 g/mol. The molecule has 0 spiro atoms. The third-order valence-electron chi connectivity index (χ3n) is 1.93. The second kappa shape index (κ2) is 4.72. The van der Waals surface area contributed by atoms with Crippen molar-refractivity contribution in [3.63, 3.8) is 0 Å². The van der Waals surface area contributed by atoms with Gasteiger partial charge in [-0.15, -0.1) is 0 Å². The second-order valence-corrected chi connectivity index (χ2v) is 3.16. The van der Waals surface area contributed by atoms with Crippen molar-refractivity contribution in [1.82, 2.24) is 0 Å². The molecule has 0 N–H and O–H groups in total. The van der Waals surface area contributed by atoms with Crippen LogP contribution in [-0.4, -0.2) is 0 Å². The first-order valence-corrected chi connectivity index (χ1v) is 4.49. The third-order valence-corrected chi connectivity index (χ3v) is 1.93. The molecule has 1 aromatic carbocycles. The molecule has 0 bridgehead atoms. The van der Waals surface area contributed by atoms with E-state index in [1.54, 1.807) is 0 Å². The molecule has 0 aliphatic carbocycles. The number of rotatable bonds is 0. The van der Waals surface area contributed by atoms with E-state index < -0.39 is 11.7 Å². The number of benzene rings is 1. The maximum atomic E-state index is 12.4. The average Bonchev–Trinajstić information content (AvgIpc) is 2.16. The van der Waals surface area contributed by atoms with Gasteiger partial charge in [-0.3, -0.25) is 0 Å². The van der Waals surface area contributed by atoms with Crippen molar-refractivity contribution in [1.29, 1.82) is 5.26 Å². The van der Waals surface area contributed by atoms with Crippen molar-refractivity contribution in [2.24, 2.45) is 0 Å². The summed E-state index contributed by atoms with van der Waals surface area (Å²) in [6, 6.07) is 5.51. The average molecular weight is 223 g/mol. The summed E-state index contributed by atoms with van der Waals surface area (Å²) in [4.78, 5) is 0. The fourth-order valence-corrected chi connectivity index (χ4v) is 1.25. The van der Waals surface area contributed by atoms with E-state index in [0.29, 0.717) is 5.56 Å². The predicted molar refractivity (Wildman–Crippen MR) is 53.3 cm³/mol. The lowest BCUT2D eigenvalue weighted by atomic mass is 10.0. The van der Waals surface area contributed by atoms with Crippen LogP contribution in [-0.2, 0) is 6.18 Å². The molecule has 0 saturated heterocycles. The summed E-state index contributed by atoms with van der Waals surface area (Å²) in [5.41, 5.74) is -0.0321. The van der Waals surface area contributed by atoms with Crippen LogP contribution in [0.4, 0.5) is 13.2 Å². The molecule has 0 aromatic heterocycles. The predicted octanol–water partition coefficient (Wildman–Crippen LogP) is 3.28. The summed E-state index contributed by atoms with van der Waals surface area (Å²) in [6.45, 7) is 1.39. The van der Waals surface area contributed by atoms with Crippen LogP contribution in [0.25, 0.3) is 0 Å². The van der Waals surface area contributed by atoms with E-state index in [0.717, 1.165) is 6.07 Å². The van der Waals surface area contributed by atoms with Gasteiger partial charge in [-0.2, -0.15) is 18.4 Å². The monoisotopic (exact) mass is 223 g/mol. The van der Waals surface area contributed by atoms with Crippen molar-refractivity contribution in [2.75, 3.05) is 0 Å². The van der Waals surface area contributed by atoms with Gasteiger partial charge in [0.25, 0.3) is 0 Å². The second-order valence-electron chi connectivity index (χ2n) is 3.16. The summed E-state index contributed by atoms with van der Waals surface area (Å²) in [5, 5.41) is 8.25. The Hall–Kier alpha value is -1.94. The van der Waals surface area contributed by atoms with Gasteiger partial charge in [0.2, 0.25) is 0 Å². The Morgan fingerprint density at radius 3 is 2.50 bits per heavy atom. The number of nitriles is 1. The normalized spacial score (nSPS) is 10.2. The van der Waals surface area contributed by atoms with Gasteiger partial charge in [0.15, 0.2) is 0 Å². The van der Waals surface area contributed by atoms with Crippen molar-refractivity contribution in [3.05, 3.63) is 34.9 Å². The molecule has 0 aliphatic rings. The van der Waals surface area contributed by atoms with Crippen LogP contribution in [0.3, 0.4) is 0 Å². The van der Waals surface area contributed by atoms with E-state index in [1.165, 1.54) is 19.1 Å². The molecule has 0 fully saturated rings. The van der Waals surface area contributed by atoms with E-state index in [9.17, 15) is 13.2 Å². The zero-order valence-electron chi connectivity index (χ0n) is 8.52. The molecule has 0 amide bonds. The molecule has 0 aliphatic heterocycles. The Morgan fingerprint density at radius 2 is 2.00 bits per heavy atom. The van der Waals surface area contributed by atoms with Gasteiger partial charge in [-0.1, -0.05) is 11.8 Å². The largest absolute Gasteiger partial charge is 0.416 e. The molecule has 0 saturated carbocycles. The number of halogens is 3.